The minimum Gasteiger partial charge on any atom is -0.398 e. The summed E-state index contributed by atoms with van der Waals surface area (Å²) in [6.07, 6.45) is 4.40. The van der Waals surface area contributed by atoms with Crippen molar-refractivity contribution in [1.82, 2.24) is 0 Å². The first-order chi connectivity index (χ1) is 6.62. The molecule has 0 saturated carbocycles. The molecule has 0 spiro atoms. The summed E-state index contributed by atoms with van der Waals surface area (Å²) in [4.78, 5) is 0. The summed E-state index contributed by atoms with van der Waals surface area (Å²) in [5.41, 5.74) is 13.1. The summed E-state index contributed by atoms with van der Waals surface area (Å²) in [7, 11) is 0. The van der Waals surface area contributed by atoms with Crippen molar-refractivity contribution in [3.05, 3.63) is 45.3 Å². The number of nitrogens with two attached hydrogens (primary N) is 2. The van der Waals surface area contributed by atoms with Crippen molar-refractivity contribution in [3.63, 3.8) is 0 Å². The molecule has 0 saturated heterocycles. The Balaban J connectivity index is 2.38. The van der Waals surface area contributed by atoms with E-state index in [4.69, 9.17) is 23.1 Å². The predicted octanol–water partition coefficient (Wildman–Crippen LogP) is 2.27. The van der Waals surface area contributed by atoms with Crippen molar-refractivity contribution >= 4 is 22.9 Å². The van der Waals surface area contributed by atoms with E-state index >= 15 is 0 Å². The van der Waals surface area contributed by atoms with Gasteiger partial charge in [0.05, 0.1) is 10.6 Å². The zero-order chi connectivity index (χ0) is 10.2. The molecule has 0 radical (unpaired) electrons. The molecule has 0 aromatic carbocycles. The minimum absolute atomic E-state index is 0.486. The Labute approximate surface area is 91.9 Å². The van der Waals surface area contributed by atoms with Crippen LogP contribution in [0.3, 0.4) is 0 Å². The van der Waals surface area contributed by atoms with Crippen molar-refractivity contribution in [2.24, 2.45) is 11.5 Å². The SMILES string of the molecule is NC1=CCC(N)(c2ccsc2)C=C1Cl. The van der Waals surface area contributed by atoms with Crippen molar-refractivity contribution in [2.75, 3.05) is 0 Å². The normalized spacial score (nSPS) is 27.0. The molecule has 2 nitrogen and oxygen atoms in total. The third kappa shape index (κ3) is 1.59. The number of allylic oxidation sites excluding steroid dienone is 1. The second-order valence-corrected chi connectivity index (χ2v) is 4.60. The Morgan fingerprint density at radius 2 is 2.29 bits per heavy atom. The molecule has 1 unspecified atom stereocenters. The van der Waals surface area contributed by atoms with Crippen LogP contribution in [0.25, 0.3) is 0 Å². The van der Waals surface area contributed by atoms with E-state index in [9.17, 15) is 0 Å². The van der Waals surface area contributed by atoms with Crippen molar-refractivity contribution < 1.29 is 0 Å². The fraction of sp³-hybridized carbons (Fsp3) is 0.200. The van der Waals surface area contributed by atoms with Gasteiger partial charge in [0, 0.05) is 5.70 Å². The zero-order valence-corrected chi connectivity index (χ0v) is 9.11. The molecular formula is C10H11ClN2S. The number of hydrogen-bond donors (Lipinski definition) is 2. The van der Waals surface area contributed by atoms with Gasteiger partial charge in [0.25, 0.3) is 0 Å². The van der Waals surface area contributed by atoms with Crippen LogP contribution in [0, 0.1) is 0 Å². The highest BCUT2D eigenvalue weighted by Gasteiger charge is 2.27. The summed E-state index contributed by atoms with van der Waals surface area (Å²) < 4.78 is 0. The lowest BCUT2D eigenvalue weighted by atomic mass is 9.86. The average molecular weight is 227 g/mol. The van der Waals surface area contributed by atoms with Crippen molar-refractivity contribution in [2.45, 2.75) is 12.0 Å². The second-order valence-electron chi connectivity index (χ2n) is 3.41. The second kappa shape index (κ2) is 3.42. The van der Waals surface area contributed by atoms with E-state index in [0.717, 1.165) is 5.56 Å². The molecule has 74 valence electrons. The van der Waals surface area contributed by atoms with E-state index in [1.165, 1.54) is 0 Å². The molecular weight excluding hydrogens is 216 g/mol. The van der Waals surface area contributed by atoms with Crippen LogP contribution < -0.4 is 11.5 Å². The number of halogens is 1. The molecule has 14 heavy (non-hydrogen) atoms. The molecule has 0 amide bonds. The van der Waals surface area contributed by atoms with Gasteiger partial charge in [-0.15, -0.1) is 0 Å². The van der Waals surface area contributed by atoms with Gasteiger partial charge in [-0.05, 0) is 34.9 Å². The van der Waals surface area contributed by atoms with Gasteiger partial charge in [0.2, 0.25) is 0 Å². The minimum atomic E-state index is -0.486. The first kappa shape index (κ1) is 9.77. The van der Waals surface area contributed by atoms with Gasteiger partial charge >= 0.3 is 0 Å². The molecule has 0 bridgehead atoms. The first-order valence-corrected chi connectivity index (χ1v) is 5.60. The zero-order valence-electron chi connectivity index (χ0n) is 7.53. The average Bonchev–Trinajstić information content (AvgIpc) is 2.65. The maximum Gasteiger partial charge on any atom is 0.0657 e. The highest BCUT2D eigenvalue weighted by Crippen LogP contribution is 2.33. The third-order valence-electron chi connectivity index (χ3n) is 2.38. The molecule has 1 aromatic heterocycles. The van der Waals surface area contributed by atoms with Crippen LogP contribution in [-0.2, 0) is 5.54 Å². The van der Waals surface area contributed by atoms with Crippen LogP contribution in [0.15, 0.2) is 39.7 Å². The van der Waals surface area contributed by atoms with Gasteiger partial charge in [-0.2, -0.15) is 11.3 Å². The van der Waals surface area contributed by atoms with E-state index < -0.39 is 5.54 Å². The smallest absolute Gasteiger partial charge is 0.0657 e. The van der Waals surface area contributed by atoms with Crippen LogP contribution in [0.4, 0.5) is 0 Å². The summed E-state index contributed by atoms with van der Waals surface area (Å²) >= 11 is 7.59. The Kier molecular flexibility index (Phi) is 2.39. The lowest BCUT2D eigenvalue weighted by Crippen LogP contribution is -2.35. The maximum atomic E-state index is 6.22. The number of thiophene rings is 1. The molecule has 2 rings (SSSR count). The molecule has 0 fully saturated rings. The van der Waals surface area contributed by atoms with E-state index in [-0.39, 0.29) is 0 Å². The van der Waals surface area contributed by atoms with E-state index in [0.29, 0.717) is 17.2 Å². The van der Waals surface area contributed by atoms with Crippen LogP contribution in [0.1, 0.15) is 12.0 Å². The molecule has 4 N–H and O–H groups in total. The molecule has 1 heterocycles. The van der Waals surface area contributed by atoms with E-state index in [1.54, 1.807) is 11.3 Å². The molecule has 1 aliphatic carbocycles. The summed E-state index contributed by atoms with van der Waals surface area (Å²) in [6.45, 7) is 0. The standard InChI is InChI=1S/C10H11ClN2S/c11-8-5-10(13,3-1-9(8)12)7-2-4-14-6-7/h1-2,4-6H,3,12-13H2. The highest BCUT2D eigenvalue weighted by atomic mass is 35.5. The molecule has 1 atom stereocenters. The number of hydrogen-bond acceptors (Lipinski definition) is 3. The Morgan fingerprint density at radius 3 is 2.86 bits per heavy atom. The fourth-order valence-electron chi connectivity index (χ4n) is 1.48. The lowest BCUT2D eigenvalue weighted by Gasteiger charge is -2.27. The van der Waals surface area contributed by atoms with Gasteiger partial charge < -0.3 is 11.5 Å². The van der Waals surface area contributed by atoms with E-state index in [1.807, 2.05) is 29.0 Å². The quantitative estimate of drug-likeness (QED) is 0.772. The van der Waals surface area contributed by atoms with Gasteiger partial charge in [0.15, 0.2) is 0 Å². The third-order valence-corrected chi connectivity index (χ3v) is 3.39. The summed E-state index contributed by atoms with van der Waals surface area (Å²) in [6, 6.07) is 2.01. The van der Waals surface area contributed by atoms with Crippen molar-refractivity contribution in [3.8, 4) is 0 Å². The first-order valence-electron chi connectivity index (χ1n) is 4.28. The van der Waals surface area contributed by atoms with Gasteiger partial charge in [-0.3, -0.25) is 0 Å². The highest BCUT2D eigenvalue weighted by molar-refractivity contribution is 7.08. The summed E-state index contributed by atoms with van der Waals surface area (Å²) in [5, 5.41) is 4.59. The van der Waals surface area contributed by atoms with Crippen LogP contribution in [-0.4, -0.2) is 0 Å². The van der Waals surface area contributed by atoms with Gasteiger partial charge in [0.1, 0.15) is 0 Å². The monoisotopic (exact) mass is 226 g/mol. The Bertz CT molecular complexity index is 394. The molecule has 0 aliphatic heterocycles. The van der Waals surface area contributed by atoms with Gasteiger partial charge in [-0.1, -0.05) is 17.7 Å². The fourth-order valence-corrected chi connectivity index (χ4v) is 2.50. The summed E-state index contributed by atoms with van der Waals surface area (Å²) in [5.74, 6) is 0. The predicted molar refractivity (Wildman–Crippen MR) is 61.0 cm³/mol. The molecule has 4 heteroatoms. The molecule has 1 aromatic rings. The van der Waals surface area contributed by atoms with Crippen LogP contribution in [0.2, 0.25) is 0 Å². The molecule has 1 aliphatic rings. The van der Waals surface area contributed by atoms with Gasteiger partial charge in [-0.25, -0.2) is 0 Å². The maximum absolute atomic E-state index is 6.22. The van der Waals surface area contributed by atoms with Crippen LogP contribution >= 0.6 is 22.9 Å². The Hall–Kier alpha value is -0.770. The van der Waals surface area contributed by atoms with E-state index in [2.05, 4.69) is 0 Å². The topological polar surface area (TPSA) is 52.0 Å². The van der Waals surface area contributed by atoms with Crippen molar-refractivity contribution in [1.29, 1.82) is 0 Å². The Morgan fingerprint density at radius 1 is 1.50 bits per heavy atom. The largest absolute Gasteiger partial charge is 0.398 e. The lowest BCUT2D eigenvalue weighted by molar-refractivity contribution is 0.562. The number of rotatable bonds is 1. The van der Waals surface area contributed by atoms with Crippen LogP contribution in [0.5, 0.6) is 0 Å².